The standard InChI is InChI=1S/C15H16N6O2S/c1-9-2-4-12(5-3-9)24-13-7-10(6-11(8-13)21(22)23)19-15(18)20-14(16)17/h2-8H,1H3,(H6,16,17,18,19,20). The molecule has 2 aromatic rings. The zero-order valence-electron chi connectivity index (χ0n) is 12.8. The van der Waals surface area contributed by atoms with Crippen molar-refractivity contribution in [1.29, 1.82) is 0 Å². The fourth-order valence-corrected chi connectivity index (χ4v) is 2.73. The van der Waals surface area contributed by atoms with Gasteiger partial charge in [0.15, 0.2) is 5.96 Å². The summed E-state index contributed by atoms with van der Waals surface area (Å²) in [5, 5.41) is 11.1. The first kappa shape index (κ1) is 17.3. The van der Waals surface area contributed by atoms with Crippen LogP contribution in [0.5, 0.6) is 0 Å². The number of guanidine groups is 2. The van der Waals surface area contributed by atoms with Crippen LogP contribution in [0.25, 0.3) is 0 Å². The van der Waals surface area contributed by atoms with Gasteiger partial charge in [-0.2, -0.15) is 4.99 Å². The Hall–Kier alpha value is -3.07. The van der Waals surface area contributed by atoms with Crippen LogP contribution in [-0.2, 0) is 0 Å². The highest BCUT2D eigenvalue weighted by atomic mass is 32.2. The zero-order valence-corrected chi connectivity index (χ0v) is 13.7. The van der Waals surface area contributed by atoms with Crippen LogP contribution in [0, 0.1) is 17.0 Å². The van der Waals surface area contributed by atoms with Crippen molar-refractivity contribution in [2.45, 2.75) is 16.7 Å². The number of nitro groups is 1. The minimum atomic E-state index is -0.491. The van der Waals surface area contributed by atoms with Gasteiger partial charge < -0.3 is 17.2 Å². The molecule has 124 valence electrons. The van der Waals surface area contributed by atoms with E-state index in [-0.39, 0.29) is 17.6 Å². The van der Waals surface area contributed by atoms with Crippen LogP contribution in [0.1, 0.15) is 5.56 Å². The van der Waals surface area contributed by atoms with E-state index in [0.29, 0.717) is 10.6 Å². The van der Waals surface area contributed by atoms with Crippen LogP contribution < -0.4 is 17.2 Å². The molecule has 0 saturated carbocycles. The number of nitrogens with two attached hydrogens (primary N) is 3. The maximum atomic E-state index is 11.1. The van der Waals surface area contributed by atoms with E-state index in [1.165, 1.54) is 23.9 Å². The lowest BCUT2D eigenvalue weighted by Crippen LogP contribution is -2.26. The number of non-ortho nitro benzene ring substituents is 1. The van der Waals surface area contributed by atoms with Crippen molar-refractivity contribution in [2.75, 3.05) is 0 Å². The number of nitro benzene ring substituents is 1. The molecule has 2 rings (SSSR count). The Morgan fingerprint density at radius 3 is 2.33 bits per heavy atom. The maximum absolute atomic E-state index is 11.1. The number of aliphatic imine (C=N–C) groups is 2. The van der Waals surface area contributed by atoms with Crippen molar-refractivity contribution >= 4 is 35.1 Å². The molecule has 2 aromatic carbocycles. The fourth-order valence-electron chi connectivity index (χ4n) is 1.83. The van der Waals surface area contributed by atoms with Crippen LogP contribution >= 0.6 is 11.8 Å². The molecule has 24 heavy (non-hydrogen) atoms. The number of hydrogen-bond donors (Lipinski definition) is 3. The first-order valence-electron chi connectivity index (χ1n) is 6.81. The highest BCUT2D eigenvalue weighted by Gasteiger charge is 2.11. The molecule has 0 amide bonds. The van der Waals surface area contributed by atoms with E-state index in [1.807, 2.05) is 31.2 Å². The van der Waals surface area contributed by atoms with E-state index >= 15 is 0 Å². The van der Waals surface area contributed by atoms with Gasteiger partial charge in [-0.05, 0) is 25.1 Å². The number of hydrogen-bond acceptors (Lipinski definition) is 4. The summed E-state index contributed by atoms with van der Waals surface area (Å²) < 4.78 is 0. The average molecular weight is 344 g/mol. The quantitative estimate of drug-likeness (QED) is 0.335. The number of aryl methyl sites for hydroxylation is 1. The van der Waals surface area contributed by atoms with Crippen LogP contribution in [0.3, 0.4) is 0 Å². The van der Waals surface area contributed by atoms with Gasteiger partial charge in [0, 0.05) is 21.9 Å². The van der Waals surface area contributed by atoms with E-state index < -0.39 is 4.92 Å². The summed E-state index contributed by atoms with van der Waals surface area (Å²) in [5.74, 6) is -0.419. The second kappa shape index (κ2) is 7.47. The molecular weight excluding hydrogens is 328 g/mol. The lowest BCUT2D eigenvalue weighted by molar-refractivity contribution is -0.385. The van der Waals surface area contributed by atoms with E-state index in [4.69, 9.17) is 17.2 Å². The van der Waals surface area contributed by atoms with Gasteiger partial charge in [0.05, 0.1) is 10.6 Å². The first-order valence-corrected chi connectivity index (χ1v) is 7.63. The molecule has 0 radical (unpaired) electrons. The Morgan fingerprint density at radius 1 is 1.08 bits per heavy atom. The Morgan fingerprint density at radius 2 is 1.75 bits per heavy atom. The van der Waals surface area contributed by atoms with Crippen LogP contribution in [-0.4, -0.2) is 16.8 Å². The Kier molecular flexibility index (Phi) is 5.38. The second-order valence-corrected chi connectivity index (χ2v) is 6.01. The van der Waals surface area contributed by atoms with Crippen LogP contribution in [0.15, 0.2) is 62.2 Å². The molecule has 0 bridgehead atoms. The van der Waals surface area contributed by atoms with Crippen LogP contribution in [0.2, 0.25) is 0 Å². The predicted molar refractivity (Wildman–Crippen MR) is 95.5 cm³/mol. The third kappa shape index (κ3) is 4.99. The highest BCUT2D eigenvalue weighted by Crippen LogP contribution is 2.34. The summed E-state index contributed by atoms with van der Waals surface area (Å²) in [4.78, 5) is 19.8. The van der Waals surface area contributed by atoms with Crippen molar-refractivity contribution < 1.29 is 4.92 Å². The predicted octanol–water partition coefficient (Wildman–Crippen LogP) is 2.27. The molecule has 0 saturated heterocycles. The van der Waals surface area contributed by atoms with E-state index in [9.17, 15) is 10.1 Å². The van der Waals surface area contributed by atoms with Crippen molar-refractivity contribution in [3.05, 3.63) is 58.1 Å². The van der Waals surface area contributed by atoms with Gasteiger partial charge in [-0.3, -0.25) is 10.1 Å². The first-order chi connectivity index (χ1) is 11.3. The summed E-state index contributed by atoms with van der Waals surface area (Å²) in [5.41, 5.74) is 17.4. The molecule has 0 aliphatic heterocycles. The van der Waals surface area contributed by atoms with Gasteiger partial charge in [0.2, 0.25) is 5.96 Å². The van der Waals surface area contributed by atoms with Gasteiger partial charge in [-0.15, -0.1) is 0 Å². The molecule has 0 atom stereocenters. The van der Waals surface area contributed by atoms with Gasteiger partial charge >= 0.3 is 0 Å². The monoisotopic (exact) mass is 344 g/mol. The van der Waals surface area contributed by atoms with Crippen molar-refractivity contribution in [2.24, 2.45) is 27.2 Å². The molecule has 6 N–H and O–H groups in total. The van der Waals surface area contributed by atoms with Gasteiger partial charge in [0.25, 0.3) is 5.69 Å². The molecule has 0 spiro atoms. The van der Waals surface area contributed by atoms with E-state index in [1.54, 1.807) is 6.07 Å². The van der Waals surface area contributed by atoms with Crippen molar-refractivity contribution in [3.8, 4) is 0 Å². The molecule has 8 nitrogen and oxygen atoms in total. The van der Waals surface area contributed by atoms with Crippen LogP contribution in [0.4, 0.5) is 11.4 Å². The second-order valence-electron chi connectivity index (χ2n) is 4.86. The maximum Gasteiger partial charge on any atom is 0.272 e. The van der Waals surface area contributed by atoms with Gasteiger partial charge in [-0.25, -0.2) is 4.99 Å². The SMILES string of the molecule is Cc1ccc(Sc2cc(N=C(N)N=C(N)N)cc([N+](=O)[O-])c2)cc1. The minimum Gasteiger partial charge on any atom is -0.370 e. The molecular formula is C15H16N6O2S. The van der Waals surface area contributed by atoms with Crippen molar-refractivity contribution in [1.82, 2.24) is 0 Å². The lowest BCUT2D eigenvalue weighted by Gasteiger charge is -2.04. The summed E-state index contributed by atoms with van der Waals surface area (Å²) >= 11 is 1.38. The molecule has 0 fully saturated rings. The lowest BCUT2D eigenvalue weighted by atomic mass is 10.2. The Bertz CT molecular complexity index is 813. The van der Waals surface area contributed by atoms with Gasteiger partial charge in [-0.1, -0.05) is 29.5 Å². The van der Waals surface area contributed by atoms with E-state index in [2.05, 4.69) is 9.98 Å². The highest BCUT2D eigenvalue weighted by molar-refractivity contribution is 7.99. The summed E-state index contributed by atoms with van der Waals surface area (Å²) in [7, 11) is 0. The fraction of sp³-hybridized carbons (Fsp3) is 0.0667. The molecule has 0 aliphatic rings. The summed E-state index contributed by atoms with van der Waals surface area (Å²) in [6, 6.07) is 12.3. The molecule has 0 aliphatic carbocycles. The van der Waals surface area contributed by atoms with Gasteiger partial charge in [0.1, 0.15) is 0 Å². The van der Waals surface area contributed by atoms with Crippen molar-refractivity contribution in [3.63, 3.8) is 0 Å². The Balaban J connectivity index is 2.39. The topological polar surface area (TPSA) is 146 Å². The average Bonchev–Trinajstić information content (AvgIpc) is 2.48. The largest absolute Gasteiger partial charge is 0.370 e. The summed E-state index contributed by atoms with van der Waals surface area (Å²) in [6.07, 6.45) is 0. The smallest absolute Gasteiger partial charge is 0.272 e. The molecule has 0 heterocycles. The molecule has 0 aromatic heterocycles. The molecule has 9 heteroatoms. The third-order valence-electron chi connectivity index (χ3n) is 2.83. The Labute approximate surface area is 142 Å². The number of benzene rings is 2. The minimum absolute atomic E-state index is 0.0941. The third-order valence-corrected chi connectivity index (χ3v) is 3.81. The summed E-state index contributed by atoms with van der Waals surface area (Å²) in [6.45, 7) is 1.99. The zero-order chi connectivity index (χ0) is 17.7. The number of rotatable bonds is 4. The number of nitrogens with zero attached hydrogens (tertiary/aromatic N) is 3. The normalized spacial score (nSPS) is 11.1. The van der Waals surface area contributed by atoms with E-state index in [0.717, 1.165) is 10.5 Å². The molecule has 0 unspecified atom stereocenters.